The number of aromatic nitrogens is 3. The van der Waals surface area contributed by atoms with Crippen LogP contribution in [0.15, 0.2) is 24.3 Å². The summed E-state index contributed by atoms with van der Waals surface area (Å²) in [5.41, 5.74) is 8.84. The minimum absolute atomic E-state index is 0.0401. The van der Waals surface area contributed by atoms with Crippen LogP contribution in [-0.4, -0.2) is 21.6 Å². The zero-order chi connectivity index (χ0) is 15.5. The van der Waals surface area contributed by atoms with Crippen LogP contribution >= 0.6 is 0 Å². The van der Waals surface area contributed by atoms with Crippen LogP contribution in [0.4, 0.5) is 0 Å². The van der Waals surface area contributed by atoms with E-state index in [1.165, 1.54) is 5.56 Å². The summed E-state index contributed by atoms with van der Waals surface area (Å²) in [6, 6.07) is 8.03. The molecule has 0 fully saturated rings. The molecule has 2 rings (SSSR count). The lowest BCUT2D eigenvalue weighted by Gasteiger charge is -2.21. The van der Waals surface area contributed by atoms with E-state index in [1.54, 1.807) is 0 Å². The van der Waals surface area contributed by atoms with Crippen molar-refractivity contribution < 1.29 is 4.74 Å². The number of nitrogens with two attached hydrogens (primary N) is 1. The van der Waals surface area contributed by atoms with Gasteiger partial charge in [0.15, 0.2) is 0 Å². The van der Waals surface area contributed by atoms with Crippen LogP contribution in [0.3, 0.4) is 0 Å². The second kappa shape index (κ2) is 6.26. The molecule has 0 bridgehead atoms. The van der Waals surface area contributed by atoms with Gasteiger partial charge in [0.05, 0.1) is 17.9 Å². The third-order valence-electron chi connectivity index (χ3n) is 3.27. The SMILES string of the molecule is Cc1cccc(OCCn2nnc(CN)c2C(C)(C)C)c1. The van der Waals surface area contributed by atoms with Gasteiger partial charge < -0.3 is 10.5 Å². The molecule has 114 valence electrons. The number of hydrogen-bond donors (Lipinski definition) is 1. The average molecular weight is 288 g/mol. The minimum atomic E-state index is -0.0401. The van der Waals surface area contributed by atoms with Gasteiger partial charge in [0.2, 0.25) is 0 Å². The molecule has 0 saturated heterocycles. The molecular weight excluding hydrogens is 264 g/mol. The predicted molar refractivity (Wildman–Crippen MR) is 83.3 cm³/mol. The number of benzene rings is 1. The standard InChI is InChI=1S/C16H24N4O/c1-12-6-5-7-13(10-12)21-9-8-20-15(16(2,3)4)14(11-17)18-19-20/h5-7,10H,8-9,11,17H2,1-4H3. The van der Waals surface area contributed by atoms with Gasteiger partial charge in [0, 0.05) is 12.0 Å². The normalized spacial score (nSPS) is 11.7. The summed E-state index contributed by atoms with van der Waals surface area (Å²) in [5.74, 6) is 0.881. The predicted octanol–water partition coefficient (Wildman–Crippen LogP) is 2.42. The van der Waals surface area contributed by atoms with Gasteiger partial charge in [-0.1, -0.05) is 38.1 Å². The highest BCUT2D eigenvalue weighted by molar-refractivity contribution is 5.27. The van der Waals surface area contributed by atoms with Crippen molar-refractivity contribution in [1.82, 2.24) is 15.0 Å². The van der Waals surface area contributed by atoms with Crippen molar-refractivity contribution in [1.29, 1.82) is 0 Å². The first-order valence-corrected chi connectivity index (χ1v) is 7.24. The molecular formula is C16H24N4O. The molecule has 0 unspecified atom stereocenters. The lowest BCUT2D eigenvalue weighted by molar-refractivity contribution is 0.283. The highest BCUT2D eigenvalue weighted by atomic mass is 16.5. The van der Waals surface area contributed by atoms with Crippen molar-refractivity contribution in [3.63, 3.8) is 0 Å². The molecule has 0 aliphatic heterocycles. The third kappa shape index (κ3) is 3.82. The van der Waals surface area contributed by atoms with Crippen molar-refractivity contribution in [3.05, 3.63) is 41.2 Å². The molecule has 0 saturated carbocycles. The lowest BCUT2D eigenvalue weighted by Crippen LogP contribution is -2.23. The van der Waals surface area contributed by atoms with Gasteiger partial charge in [0.25, 0.3) is 0 Å². The van der Waals surface area contributed by atoms with Crippen LogP contribution in [0, 0.1) is 6.92 Å². The van der Waals surface area contributed by atoms with E-state index in [9.17, 15) is 0 Å². The zero-order valence-corrected chi connectivity index (χ0v) is 13.3. The molecule has 0 atom stereocenters. The molecule has 2 aromatic rings. The van der Waals surface area contributed by atoms with Gasteiger partial charge in [-0.05, 0) is 24.6 Å². The van der Waals surface area contributed by atoms with Crippen LogP contribution < -0.4 is 10.5 Å². The monoisotopic (exact) mass is 288 g/mol. The summed E-state index contributed by atoms with van der Waals surface area (Å²) in [7, 11) is 0. The summed E-state index contributed by atoms with van der Waals surface area (Å²) in [4.78, 5) is 0. The Kier molecular flexibility index (Phi) is 4.63. The van der Waals surface area contributed by atoms with Crippen molar-refractivity contribution in [3.8, 4) is 5.75 Å². The fourth-order valence-electron chi connectivity index (χ4n) is 2.42. The molecule has 5 heteroatoms. The van der Waals surface area contributed by atoms with Crippen LogP contribution in [0.1, 0.15) is 37.7 Å². The highest BCUT2D eigenvalue weighted by Crippen LogP contribution is 2.24. The number of rotatable bonds is 5. The Hall–Kier alpha value is -1.88. The maximum atomic E-state index is 5.78. The molecule has 0 aliphatic carbocycles. The van der Waals surface area contributed by atoms with Gasteiger partial charge in [-0.25, -0.2) is 4.68 Å². The second-order valence-corrected chi connectivity index (χ2v) is 6.23. The number of hydrogen-bond acceptors (Lipinski definition) is 4. The topological polar surface area (TPSA) is 66.0 Å². The molecule has 5 nitrogen and oxygen atoms in total. The van der Waals surface area contributed by atoms with E-state index < -0.39 is 0 Å². The molecule has 0 radical (unpaired) electrons. The van der Waals surface area contributed by atoms with Crippen LogP contribution in [-0.2, 0) is 18.5 Å². The molecule has 1 heterocycles. The van der Waals surface area contributed by atoms with Crippen molar-refractivity contribution in [2.24, 2.45) is 5.73 Å². The van der Waals surface area contributed by atoms with E-state index in [0.29, 0.717) is 19.7 Å². The second-order valence-electron chi connectivity index (χ2n) is 6.23. The van der Waals surface area contributed by atoms with Gasteiger partial charge in [-0.15, -0.1) is 5.10 Å². The van der Waals surface area contributed by atoms with Crippen molar-refractivity contribution >= 4 is 0 Å². The van der Waals surface area contributed by atoms with Crippen LogP contribution in [0.5, 0.6) is 5.75 Å². The van der Waals surface area contributed by atoms with E-state index in [1.807, 2.05) is 22.9 Å². The first-order valence-electron chi connectivity index (χ1n) is 7.24. The Labute approximate surface area is 126 Å². The van der Waals surface area contributed by atoms with E-state index in [0.717, 1.165) is 17.1 Å². The first-order chi connectivity index (χ1) is 9.91. The molecule has 21 heavy (non-hydrogen) atoms. The number of aryl methyl sites for hydroxylation is 1. The largest absolute Gasteiger partial charge is 0.492 e. The van der Waals surface area contributed by atoms with Crippen LogP contribution in [0.2, 0.25) is 0 Å². The highest BCUT2D eigenvalue weighted by Gasteiger charge is 2.24. The van der Waals surface area contributed by atoms with Crippen LogP contribution in [0.25, 0.3) is 0 Å². The van der Waals surface area contributed by atoms with Crippen molar-refractivity contribution in [2.45, 2.75) is 46.2 Å². The Morgan fingerprint density at radius 3 is 2.67 bits per heavy atom. The van der Waals surface area contributed by atoms with Gasteiger partial charge in [-0.3, -0.25) is 0 Å². The maximum Gasteiger partial charge on any atom is 0.119 e. The molecule has 1 aromatic heterocycles. The third-order valence-corrected chi connectivity index (χ3v) is 3.27. The van der Waals surface area contributed by atoms with E-state index in [4.69, 9.17) is 10.5 Å². The minimum Gasteiger partial charge on any atom is -0.492 e. The molecule has 0 amide bonds. The molecule has 1 aromatic carbocycles. The fraction of sp³-hybridized carbons (Fsp3) is 0.500. The molecule has 0 spiro atoms. The van der Waals surface area contributed by atoms with Gasteiger partial charge in [-0.2, -0.15) is 0 Å². The molecule has 0 aliphatic rings. The summed E-state index contributed by atoms with van der Waals surface area (Å²) >= 11 is 0. The molecule has 2 N–H and O–H groups in total. The summed E-state index contributed by atoms with van der Waals surface area (Å²) in [6.07, 6.45) is 0. The summed E-state index contributed by atoms with van der Waals surface area (Å²) in [5, 5.41) is 8.38. The Morgan fingerprint density at radius 1 is 1.29 bits per heavy atom. The Morgan fingerprint density at radius 2 is 2.05 bits per heavy atom. The summed E-state index contributed by atoms with van der Waals surface area (Å²) < 4.78 is 7.68. The van der Waals surface area contributed by atoms with Crippen molar-refractivity contribution in [2.75, 3.05) is 6.61 Å². The van der Waals surface area contributed by atoms with E-state index >= 15 is 0 Å². The lowest BCUT2D eigenvalue weighted by atomic mass is 9.90. The fourth-order valence-corrected chi connectivity index (χ4v) is 2.42. The number of nitrogens with zero attached hydrogens (tertiary/aromatic N) is 3. The Balaban J connectivity index is 2.05. The van der Waals surface area contributed by atoms with Gasteiger partial charge >= 0.3 is 0 Å². The van der Waals surface area contributed by atoms with Gasteiger partial charge in [0.1, 0.15) is 12.4 Å². The average Bonchev–Trinajstić information content (AvgIpc) is 2.82. The number of ether oxygens (including phenoxy) is 1. The first kappa shape index (κ1) is 15.5. The smallest absolute Gasteiger partial charge is 0.119 e. The maximum absolute atomic E-state index is 5.78. The van der Waals surface area contributed by atoms with E-state index in [-0.39, 0.29) is 5.41 Å². The zero-order valence-electron chi connectivity index (χ0n) is 13.3. The quantitative estimate of drug-likeness (QED) is 0.917. The van der Waals surface area contributed by atoms with E-state index in [2.05, 4.69) is 44.1 Å². The summed E-state index contributed by atoms with van der Waals surface area (Å²) in [6.45, 7) is 10.1. The Bertz CT molecular complexity index is 599.